The van der Waals surface area contributed by atoms with Crippen LogP contribution in [0.5, 0.6) is 5.75 Å². The molecule has 0 unspecified atom stereocenters. The van der Waals surface area contributed by atoms with E-state index in [2.05, 4.69) is 22.5 Å². The predicted molar refractivity (Wildman–Crippen MR) is 152 cm³/mol. The second kappa shape index (κ2) is 11.5. The highest BCUT2D eigenvalue weighted by Crippen LogP contribution is 2.32. The van der Waals surface area contributed by atoms with Crippen molar-refractivity contribution in [1.29, 1.82) is 0 Å². The molecule has 4 N–H and O–H groups in total. The number of ether oxygens (including phenoxy) is 1. The minimum absolute atomic E-state index is 0.352. The third-order valence-corrected chi connectivity index (χ3v) is 6.16. The van der Waals surface area contributed by atoms with E-state index in [9.17, 15) is 4.79 Å². The Morgan fingerprint density at radius 2 is 1.74 bits per heavy atom. The zero-order valence-electron chi connectivity index (χ0n) is 21.2. The number of hydrogen-bond acceptors (Lipinski definition) is 5. The first-order chi connectivity index (χ1) is 18.6. The molecule has 0 spiro atoms. The lowest BCUT2D eigenvalue weighted by Gasteiger charge is -2.14. The molecule has 0 bridgehead atoms. The van der Waals surface area contributed by atoms with Gasteiger partial charge in [0.25, 0.3) is 0 Å². The summed E-state index contributed by atoms with van der Waals surface area (Å²) in [6, 6.07) is 26.5. The van der Waals surface area contributed by atoms with Gasteiger partial charge in [0.2, 0.25) is 0 Å². The van der Waals surface area contributed by atoms with Crippen LogP contribution in [0.25, 0.3) is 16.5 Å². The minimum atomic E-state index is -0.352. The van der Waals surface area contributed by atoms with E-state index in [4.69, 9.17) is 15.6 Å². The molecular formula is C30H30N6O2. The number of nitrogens with zero attached hydrogens (tertiary/aromatic N) is 3. The normalized spacial score (nSPS) is 10.9. The number of hydrogen-bond donors (Lipinski definition) is 3. The van der Waals surface area contributed by atoms with Crippen LogP contribution in [0.2, 0.25) is 0 Å². The average Bonchev–Trinajstić information content (AvgIpc) is 3.34. The molecule has 0 radical (unpaired) electrons. The van der Waals surface area contributed by atoms with Crippen LogP contribution in [0, 0.1) is 0 Å². The van der Waals surface area contributed by atoms with Crippen molar-refractivity contribution in [3.05, 3.63) is 102 Å². The second-order valence-electron chi connectivity index (χ2n) is 8.99. The molecule has 5 rings (SSSR count). The number of fused-ring (bicyclic) bond motifs is 1. The van der Waals surface area contributed by atoms with Crippen molar-refractivity contribution in [2.24, 2.45) is 0 Å². The number of para-hydroxylation sites is 1. The van der Waals surface area contributed by atoms with Gasteiger partial charge in [-0.2, -0.15) is 5.10 Å². The number of pyridine rings is 1. The van der Waals surface area contributed by atoms with Gasteiger partial charge in [-0.05, 0) is 54.8 Å². The van der Waals surface area contributed by atoms with E-state index in [0.717, 1.165) is 47.0 Å². The maximum absolute atomic E-state index is 13.1. The van der Waals surface area contributed by atoms with Gasteiger partial charge in [-0.25, -0.2) is 14.5 Å². The highest BCUT2D eigenvalue weighted by atomic mass is 16.5. The van der Waals surface area contributed by atoms with Crippen LogP contribution in [-0.4, -0.2) is 20.8 Å². The first kappa shape index (κ1) is 24.8. The smallest absolute Gasteiger partial charge is 0.324 e. The molecule has 192 valence electrons. The Kier molecular flexibility index (Phi) is 7.49. The summed E-state index contributed by atoms with van der Waals surface area (Å²) in [5.74, 6) is 1.78. The number of nitrogen functional groups attached to an aromatic ring is 1. The van der Waals surface area contributed by atoms with E-state index in [1.165, 1.54) is 0 Å². The Hall–Kier alpha value is -4.85. The number of nitrogens with two attached hydrogens (primary N) is 1. The number of urea groups is 1. The second-order valence-corrected chi connectivity index (χ2v) is 8.99. The Labute approximate surface area is 221 Å². The van der Waals surface area contributed by atoms with Crippen LogP contribution in [0.3, 0.4) is 0 Å². The molecule has 0 saturated carbocycles. The highest BCUT2D eigenvalue weighted by molar-refractivity contribution is 6.07. The summed E-state index contributed by atoms with van der Waals surface area (Å²) in [7, 11) is 0. The average molecular weight is 507 g/mol. The SMILES string of the molecule is CCCCc1cc(NC(=O)Nc2ccc(OCc3ccnc(N)c3)c3ccccc23)n(-c2ccccc2)n1. The van der Waals surface area contributed by atoms with Gasteiger partial charge in [0.1, 0.15) is 24.0 Å². The molecule has 0 saturated heterocycles. The molecule has 0 aliphatic carbocycles. The Bertz CT molecular complexity index is 1550. The molecule has 2 heterocycles. The topological polar surface area (TPSA) is 107 Å². The molecule has 0 aliphatic rings. The van der Waals surface area contributed by atoms with Crippen molar-refractivity contribution in [2.45, 2.75) is 32.8 Å². The number of aromatic nitrogens is 3. The number of nitrogens with one attached hydrogen (secondary N) is 2. The molecule has 0 atom stereocenters. The maximum atomic E-state index is 13.1. The number of carbonyl (C=O) groups is 1. The fourth-order valence-electron chi connectivity index (χ4n) is 4.29. The maximum Gasteiger partial charge on any atom is 0.324 e. The number of benzene rings is 3. The molecule has 3 aromatic carbocycles. The number of amides is 2. The fourth-order valence-corrected chi connectivity index (χ4v) is 4.29. The third-order valence-electron chi connectivity index (χ3n) is 6.16. The van der Waals surface area contributed by atoms with Gasteiger partial charge in [-0.3, -0.25) is 5.32 Å². The summed E-state index contributed by atoms with van der Waals surface area (Å²) in [6.45, 7) is 2.50. The first-order valence-electron chi connectivity index (χ1n) is 12.7. The first-order valence-corrected chi connectivity index (χ1v) is 12.7. The zero-order chi connectivity index (χ0) is 26.3. The molecule has 0 aliphatic heterocycles. The van der Waals surface area contributed by atoms with Crippen molar-refractivity contribution in [2.75, 3.05) is 16.4 Å². The molecule has 8 heteroatoms. The molecule has 5 aromatic rings. The number of unbranched alkanes of at least 4 members (excludes halogenated alkanes) is 1. The minimum Gasteiger partial charge on any atom is -0.488 e. The molecule has 0 fully saturated rings. The van der Waals surface area contributed by atoms with Crippen LogP contribution >= 0.6 is 0 Å². The lowest BCUT2D eigenvalue weighted by Crippen LogP contribution is -2.21. The van der Waals surface area contributed by atoms with E-state index < -0.39 is 0 Å². The van der Waals surface area contributed by atoms with Gasteiger partial charge in [0.15, 0.2) is 0 Å². The van der Waals surface area contributed by atoms with E-state index in [0.29, 0.717) is 29.7 Å². The van der Waals surface area contributed by atoms with Crippen molar-refractivity contribution in [3.8, 4) is 11.4 Å². The predicted octanol–water partition coefficient (Wildman–Crippen LogP) is 6.57. The van der Waals surface area contributed by atoms with Crippen molar-refractivity contribution in [1.82, 2.24) is 14.8 Å². The third kappa shape index (κ3) is 5.75. The summed E-state index contributed by atoms with van der Waals surface area (Å²) in [6.07, 6.45) is 4.62. The Morgan fingerprint density at radius 1 is 0.947 bits per heavy atom. The lowest BCUT2D eigenvalue weighted by atomic mass is 10.1. The highest BCUT2D eigenvalue weighted by Gasteiger charge is 2.14. The van der Waals surface area contributed by atoms with Crippen molar-refractivity contribution >= 4 is 34.1 Å². The standard InChI is InChI=1S/C30H30N6O2/c1-2-3-9-22-19-29(36(35-22)23-10-5-4-6-11-23)34-30(37)33-26-14-15-27(25-13-8-7-12-24(25)26)38-20-21-16-17-32-28(31)18-21/h4-8,10-19H,2-3,9,20H2,1H3,(H2,31,32)(H2,33,34,37). The van der Waals surface area contributed by atoms with Crippen LogP contribution < -0.4 is 21.1 Å². The van der Waals surface area contributed by atoms with Crippen LogP contribution in [0.15, 0.2) is 91.1 Å². The number of rotatable bonds is 9. The summed E-state index contributed by atoms with van der Waals surface area (Å²) in [5, 5.41) is 12.5. The largest absolute Gasteiger partial charge is 0.488 e. The van der Waals surface area contributed by atoms with Gasteiger partial charge in [0.05, 0.1) is 17.1 Å². The monoisotopic (exact) mass is 506 g/mol. The van der Waals surface area contributed by atoms with Crippen LogP contribution in [0.4, 0.5) is 22.1 Å². The van der Waals surface area contributed by atoms with Gasteiger partial charge in [-0.15, -0.1) is 0 Å². The van der Waals surface area contributed by atoms with E-state index in [1.807, 2.05) is 78.9 Å². The zero-order valence-corrected chi connectivity index (χ0v) is 21.2. The summed E-state index contributed by atoms with van der Waals surface area (Å²) >= 11 is 0. The molecular weight excluding hydrogens is 476 g/mol. The van der Waals surface area contributed by atoms with Crippen LogP contribution in [-0.2, 0) is 13.0 Å². The Morgan fingerprint density at radius 3 is 2.53 bits per heavy atom. The number of aryl methyl sites for hydroxylation is 1. The fraction of sp³-hybridized carbons (Fsp3) is 0.167. The van der Waals surface area contributed by atoms with Gasteiger partial charge in [0, 0.05) is 23.0 Å². The van der Waals surface area contributed by atoms with E-state index in [-0.39, 0.29) is 6.03 Å². The van der Waals surface area contributed by atoms with Gasteiger partial charge >= 0.3 is 6.03 Å². The van der Waals surface area contributed by atoms with E-state index >= 15 is 0 Å². The number of carbonyl (C=O) groups excluding carboxylic acids is 1. The number of anilines is 3. The lowest BCUT2D eigenvalue weighted by molar-refractivity contribution is 0.262. The molecule has 2 amide bonds. The van der Waals surface area contributed by atoms with Crippen molar-refractivity contribution in [3.63, 3.8) is 0 Å². The van der Waals surface area contributed by atoms with Gasteiger partial charge in [-0.1, -0.05) is 55.8 Å². The van der Waals surface area contributed by atoms with Crippen LogP contribution in [0.1, 0.15) is 31.0 Å². The summed E-state index contributed by atoms with van der Waals surface area (Å²) < 4.78 is 7.86. The Balaban J connectivity index is 1.36. The van der Waals surface area contributed by atoms with E-state index in [1.54, 1.807) is 16.9 Å². The van der Waals surface area contributed by atoms with Crippen molar-refractivity contribution < 1.29 is 9.53 Å². The molecule has 38 heavy (non-hydrogen) atoms. The van der Waals surface area contributed by atoms with Gasteiger partial charge < -0.3 is 15.8 Å². The summed E-state index contributed by atoms with van der Waals surface area (Å²) in [5.41, 5.74) is 9.21. The summed E-state index contributed by atoms with van der Waals surface area (Å²) in [4.78, 5) is 17.2. The molecule has 2 aromatic heterocycles. The quantitative estimate of drug-likeness (QED) is 0.210. The molecule has 8 nitrogen and oxygen atoms in total.